The molecule has 19 heavy (non-hydrogen) atoms. The first-order chi connectivity index (χ1) is 8.86. The van der Waals surface area contributed by atoms with Crippen LogP contribution in [0.4, 0.5) is 10.1 Å². The van der Waals surface area contributed by atoms with Crippen LogP contribution in [-0.4, -0.2) is 23.5 Å². The monoisotopic (exact) mass is 268 g/mol. The second-order valence-electron chi connectivity index (χ2n) is 4.58. The highest BCUT2D eigenvalue weighted by molar-refractivity contribution is 5.95. The van der Waals surface area contributed by atoms with Gasteiger partial charge in [-0.1, -0.05) is 13.8 Å². The minimum atomic E-state index is -1.38. The summed E-state index contributed by atoms with van der Waals surface area (Å²) < 4.78 is 13.2. The molecule has 0 spiro atoms. The molecule has 0 saturated carbocycles. The number of anilines is 1. The number of amides is 1. The van der Waals surface area contributed by atoms with Crippen molar-refractivity contribution in [1.29, 1.82) is 0 Å². The van der Waals surface area contributed by atoms with E-state index in [2.05, 4.69) is 5.32 Å². The van der Waals surface area contributed by atoms with E-state index < -0.39 is 17.3 Å². The van der Waals surface area contributed by atoms with Gasteiger partial charge in [0.25, 0.3) is 0 Å². The maximum Gasteiger partial charge on any atom is 0.338 e. The second-order valence-corrected chi connectivity index (χ2v) is 4.58. The topological polar surface area (TPSA) is 92.4 Å². The lowest BCUT2D eigenvalue weighted by Crippen LogP contribution is -2.33. The summed E-state index contributed by atoms with van der Waals surface area (Å²) in [5, 5.41) is 11.3. The van der Waals surface area contributed by atoms with Crippen molar-refractivity contribution in [2.24, 2.45) is 17.6 Å². The van der Waals surface area contributed by atoms with Gasteiger partial charge in [-0.2, -0.15) is 0 Å². The molecule has 0 aliphatic heterocycles. The van der Waals surface area contributed by atoms with Gasteiger partial charge >= 0.3 is 5.97 Å². The lowest BCUT2D eigenvalue weighted by atomic mass is 9.95. The average molecular weight is 268 g/mol. The zero-order valence-electron chi connectivity index (χ0n) is 10.8. The summed E-state index contributed by atoms with van der Waals surface area (Å²) in [4.78, 5) is 22.7. The number of carboxylic acid groups (broad SMARTS) is 1. The van der Waals surface area contributed by atoms with Gasteiger partial charge in [0.2, 0.25) is 5.91 Å². The smallest absolute Gasteiger partial charge is 0.338 e. The lowest BCUT2D eigenvalue weighted by molar-refractivity contribution is -0.120. The maximum atomic E-state index is 13.2. The summed E-state index contributed by atoms with van der Waals surface area (Å²) in [5.74, 6) is -2.85. The van der Waals surface area contributed by atoms with Crippen LogP contribution in [0.2, 0.25) is 0 Å². The molecule has 0 heterocycles. The minimum absolute atomic E-state index is 0.0596. The predicted octanol–water partition coefficient (Wildman–Crippen LogP) is 1.69. The van der Waals surface area contributed by atoms with Crippen LogP contribution in [0.15, 0.2) is 18.2 Å². The Morgan fingerprint density at radius 1 is 1.42 bits per heavy atom. The quantitative estimate of drug-likeness (QED) is 0.757. The number of rotatable bonds is 5. The number of hydrogen-bond donors (Lipinski definition) is 3. The van der Waals surface area contributed by atoms with Crippen molar-refractivity contribution in [3.8, 4) is 0 Å². The summed E-state index contributed by atoms with van der Waals surface area (Å²) in [6.45, 7) is 3.92. The lowest BCUT2D eigenvalue weighted by Gasteiger charge is -2.18. The summed E-state index contributed by atoms with van der Waals surface area (Å²) in [5.41, 5.74) is 5.27. The van der Waals surface area contributed by atoms with Crippen molar-refractivity contribution in [2.45, 2.75) is 13.8 Å². The highest BCUT2D eigenvalue weighted by Gasteiger charge is 2.21. The fraction of sp³-hybridized carbons (Fsp3) is 0.385. The zero-order chi connectivity index (χ0) is 14.6. The van der Waals surface area contributed by atoms with Gasteiger partial charge in [-0.15, -0.1) is 0 Å². The fourth-order valence-corrected chi connectivity index (χ4v) is 1.68. The summed E-state index contributed by atoms with van der Waals surface area (Å²) in [6.07, 6.45) is 0. The molecule has 6 heteroatoms. The van der Waals surface area contributed by atoms with Crippen LogP contribution in [0, 0.1) is 17.7 Å². The van der Waals surface area contributed by atoms with Gasteiger partial charge < -0.3 is 16.2 Å². The van der Waals surface area contributed by atoms with E-state index in [4.69, 9.17) is 10.8 Å². The Bertz CT molecular complexity index is 489. The molecular formula is C13H17FN2O3. The highest BCUT2D eigenvalue weighted by Crippen LogP contribution is 2.17. The molecule has 0 aliphatic carbocycles. The number of nitrogens with two attached hydrogens (primary N) is 1. The normalized spacial score (nSPS) is 12.3. The molecule has 1 rings (SSSR count). The number of nitrogens with one attached hydrogen (secondary N) is 1. The van der Waals surface area contributed by atoms with Gasteiger partial charge in [0.15, 0.2) is 0 Å². The van der Waals surface area contributed by atoms with E-state index in [-0.39, 0.29) is 30.0 Å². The Labute approximate surface area is 110 Å². The summed E-state index contributed by atoms with van der Waals surface area (Å²) in [7, 11) is 0. The van der Waals surface area contributed by atoms with Crippen LogP contribution in [0.25, 0.3) is 0 Å². The van der Waals surface area contributed by atoms with Gasteiger partial charge in [-0.05, 0) is 24.1 Å². The van der Waals surface area contributed by atoms with E-state index in [9.17, 15) is 14.0 Å². The largest absolute Gasteiger partial charge is 0.478 e. The Morgan fingerprint density at radius 3 is 2.53 bits per heavy atom. The zero-order valence-corrected chi connectivity index (χ0v) is 10.8. The van der Waals surface area contributed by atoms with Gasteiger partial charge in [0.1, 0.15) is 5.82 Å². The molecule has 1 aromatic carbocycles. The van der Waals surface area contributed by atoms with Crippen LogP contribution in [-0.2, 0) is 4.79 Å². The molecule has 4 N–H and O–H groups in total. The molecule has 1 amide bonds. The van der Waals surface area contributed by atoms with Crippen molar-refractivity contribution in [1.82, 2.24) is 0 Å². The maximum absolute atomic E-state index is 13.2. The Morgan fingerprint density at radius 2 is 2.05 bits per heavy atom. The SMILES string of the molecule is CC(C)C(CN)C(=O)Nc1ccc(F)c(C(=O)O)c1. The van der Waals surface area contributed by atoms with Crippen molar-refractivity contribution in [2.75, 3.05) is 11.9 Å². The van der Waals surface area contributed by atoms with E-state index in [0.29, 0.717) is 0 Å². The minimum Gasteiger partial charge on any atom is -0.478 e. The molecule has 0 aromatic heterocycles. The van der Waals surface area contributed by atoms with E-state index in [0.717, 1.165) is 12.1 Å². The van der Waals surface area contributed by atoms with Crippen LogP contribution in [0.1, 0.15) is 24.2 Å². The Kier molecular flexibility index (Phi) is 5.00. The van der Waals surface area contributed by atoms with Gasteiger partial charge in [0, 0.05) is 12.2 Å². The first kappa shape index (κ1) is 15.1. The van der Waals surface area contributed by atoms with E-state index in [1.807, 2.05) is 13.8 Å². The molecule has 0 radical (unpaired) electrons. The van der Waals surface area contributed by atoms with Crippen LogP contribution in [0.3, 0.4) is 0 Å². The molecule has 1 atom stereocenters. The molecule has 1 unspecified atom stereocenters. The Balaban J connectivity index is 2.91. The molecule has 5 nitrogen and oxygen atoms in total. The van der Waals surface area contributed by atoms with Gasteiger partial charge in [-0.3, -0.25) is 4.79 Å². The highest BCUT2D eigenvalue weighted by atomic mass is 19.1. The van der Waals surface area contributed by atoms with E-state index in [1.54, 1.807) is 0 Å². The Hall–Kier alpha value is -1.95. The summed E-state index contributed by atoms with van der Waals surface area (Å²) in [6, 6.07) is 3.41. The predicted molar refractivity (Wildman–Crippen MR) is 69.4 cm³/mol. The fourth-order valence-electron chi connectivity index (χ4n) is 1.68. The third kappa shape index (κ3) is 3.75. The molecule has 0 fully saturated rings. The first-order valence-corrected chi connectivity index (χ1v) is 5.90. The molecule has 0 bridgehead atoms. The van der Waals surface area contributed by atoms with E-state index in [1.165, 1.54) is 6.07 Å². The summed E-state index contributed by atoms with van der Waals surface area (Å²) >= 11 is 0. The number of benzene rings is 1. The molecule has 1 aromatic rings. The van der Waals surface area contributed by atoms with Crippen LogP contribution in [0.5, 0.6) is 0 Å². The van der Waals surface area contributed by atoms with Crippen molar-refractivity contribution in [3.63, 3.8) is 0 Å². The number of carbonyl (C=O) groups excluding carboxylic acids is 1. The number of hydrogen-bond acceptors (Lipinski definition) is 3. The first-order valence-electron chi connectivity index (χ1n) is 5.90. The number of carbonyl (C=O) groups is 2. The molecule has 0 aliphatic rings. The average Bonchev–Trinajstić information content (AvgIpc) is 2.31. The number of aromatic carboxylic acids is 1. The standard InChI is InChI=1S/C13H17FN2O3/c1-7(2)10(6-15)12(17)16-8-3-4-11(14)9(5-8)13(18)19/h3-5,7,10H,6,15H2,1-2H3,(H,16,17)(H,18,19). The van der Waals surface area contributed by atoms with Gasteiger partial charge in [-0.25, -0.2) is 9.18 Å². The second kappa shape index (κ2) is 6.29. The number of carboxylic acids is 1. The van der Waals surface area contributed by atoms with Crippen molar-refractivity contribution < 1.29 is 19.1 Å². The molecule has 0 saturated heterocycles. The third-order valence-corrected chi connectivity index (χ3v) is 2.86. The van der Waals surface area contributed by atoms with Gasteiger partial charge in [0.05, 0.1) is 11.5 Å². The number of halogens is 1. The van der Waals surface area contributed by atoms with Crippen LogP contribution >= 0.6 is 0 Å². The van der Waals surface area contributed by atoms with Crippen molar-refractivity contribution in [3.05, 3.63) is 29.6 Å². The third-order valence-electron chi connectivity index (χ3n) is 2.86. The van der Waals surface area contributed by atoms with E-state index >= 15 is 0 Å². The molecular weight excluding hydrogens is 251 g/mol. The molecule has 104 valence electrons. The van der Waals surface area contributed by atoms with Crippen molar-refractivity contribution >= 4 is 17.6 Å². The van der Waals surface area contributed by atoms with Crippen LogP contribution < -0.4 is 11.1 Å².